The summed E-state index contributed by atoms with van der Waals surface area (Å²) in [5, 5.41) is 1.09. The third-order valence-corrected chi connectivity index (χ3v) is 14.5. The highest BCUT2D eigenvalue weighted by Gasteiger charge is 2.51. The number of anilines is 1. The summed E-state index contributed by atoms with van der Waals surface area (Å²) in [7, 11) is 5.87. The van der Waals surface area contributed by atoms with E-state index in [1.165, 1.54) is 11.1 Å². The van der Waals surface area contributed by atoms with E-state index in [1.54, 1.807) is 18.4 Å². The van der Waals surface area contributed by atoms with Gasteiger partial charge in [-0.15, -0.1) is 11.3 Å². The minimum Gasteiger partial charge on any atom is -0.496 e. The van der Waals surface area contributed by atoms with Gasteiger partial charge in [-0.1, -0.05) is 32.9 Å². The monoisotopic (exact) mass is 741 g/mol. The van der Waals surface area contributed by atoms with E-state index >= 15 is 0 Å². The van der Waals surface area contributed by atoms with E-state index in [2.05, 4.69) is 71.0 Å². The zero-order valence-corrected chi connectivity index (χ0v) is 33.8. The Balaban J connectivity index is 1.08. The minimum absolute atomic E-state index is 0.0298. The molecule has 3 aromatic rings. The number of amides is 2. The first kappa shape index (κ1) is 37.8. The zero-order valence-electron chi connectivity index (χ0n) is 33.0. The lowest BCUT2D eigenvalue weighted by molar-refractivity contribution is -0.124. The Morgan fingerprint density at radius 2 is 1.68 bits per heavy atom. The van der Waals surface area contributed by atoms with Crippen LogP contribution in [0.5, 0.6) is 5.75 Å². The lowest BCUT2D eigenvalue weighted by Gasteiger charge is -2.55. The topological polar surface area (TPSA) is 88.1 Å². The van der Waals surface area contributed by atoms with Crippen molar-refractivity contribution in [2.24, 2.45) is 11.3 Å². The first-order valence-electron chi connectivity index (χ1n) is 19.8. The van der Waals surface area contributed by atoms with Crippen molar-refractivity contribution in [1.29, 1.82) is 0 Å². The van der Waals surface area contributed by atoms with E-state index in [0.29, 0.717) is 44.8 Å². The first-order valence-corrected chi connectivity index (χ1v) is 20.6. The van der Waals surface area contributed by atoms with Crippen LogP contribution in [0.1, 0.15) is 108 Å². The average Bonchev–Trinajstić information content (AvgIpc) is 3.87. The fourth-order valence-corrected chi connectivity index (χ4v) is 10.4. The van der Waals surface area contributed by atoms with Gasteiger partial charge in [-0.05, 0) is 137 Å². The van der Waals surface area contributed by atoms with E-state index < -0.39 is 0 Å². The summed E-state index contributed by atoms with van der Waals surface area (Å²) in [6.07, 6.45) is 14.0. The van der Waals surface area contributed by atoms with Gasteiger partial charge in [0, 0.05) is 49.4 Å². The Morgan fingerprint density at radius 3 is 2.28 bits per heavy atom. The standard InChI is InChI=1S/C43H59N5O4S/c1-29-24-32(10-13-35(29)51-7)43-19-16-42(17-20-43,18-21-43)28-48(37-25-31(14-22-44-37)36-26-45-39(53-36)41(2,3)4)38(49)30-8-11-34(12-9-30)52-40(50)47-23-15-33(27-47)46(5)6/h10,13-14,22,24-26,30,33-34H,8-9,11-12,15-21,23,27-28H2,1-7H3/t30-,33?,34-,42?,43?. The summed E-state index contributed by atoms with van der Waals surface area (Å²) in [6.45, 7) is 10.8. The zero-order chi connectivity index (χ0) is 37.5. The molecule has 1 saturated heterocycles. The van der Waals surface area contributed by atoms with Gasteiger partial charge >= 0.3 is 6.09 Å². The lowest BCUT2D eigenvalue weighted by atomic mass is 9.51. The van der Waals surface area contributed by atoms with E-state index in [4.69, 9.17) is 19.4 Å². The number of carbonyl (C=O) groups excluding carboxylic acids is 2. The number of rotatable bonds is 9. The number of carbonyl (C=O) groups is 2. The second kappa shape index (κ2) is 15.0. The quantitative estimate of drug-likeness (QED) is 0.217. The van der Waals surface area contributed by atoms with Crippen molar-refractivity contribution in [3.63, 3.8) is 0 Å². The number of nitrogens with zero attached hydrogens (tertiary/aromatic N) is 5. The molecular weight excluding hydrogens is 683 g/mol. The van der Waals surface area contributed by atoms with Gasteiger partial charge in [-0.2, -0.15) is 0 Å². The molecule has 5 aliphatic rings. The van der Waals surface area contributed by atoms with Crippen molar-refractivity contribution in [1.82, 2.24) is 19.8 Å². The van der Waals surface area contributed by atoms with Crippen LogP contribution in [-0.2, 0) is 20.4 Å². The van der Waals surface area contributed by atoms with E-state index in [1.807, 2.05) is 28.3 Å². The molecule has 53 heavy (non-hydrogen) atoms. The molecular formula is C43H59N5O4S. The maximum Gasteiger partial charge on any atom is 0.410 e. The van der Waals surface area contributed by atoms with Crippen molar-refractivity contribution in [2.45, 2.75) is 121 Å². The molecule has 1 unspecified atom stereocenters. The van der Waals surface area contributed by atoms with E-state index in [0.717, 1.165) is 78.5 Å². The Bertz CT molecular complexity index is 1770. The van der Waals surface area contributed by atoms with Crippen LogP contribution >= 0.6 is 11.3 Å². The molecule has 8 rings (SSSR count). The van der Waals surface area contributed by atoms with Gasteiger partial charge < -0.3 is 19.3 Å². The molecule has 286 valence electrons. The molecule has 0 radical (unpaired) electrons. The van der Waals surface area contributed by atoms with Crippen LogP contribution in [0.4, 0.5) is 10.6 Å². The highest BCUT2D eigenvalue weighted by atomic mass is 32.1. The SMILES string of the molecule is COc1ccc(C23CCC(CN(c4cc(-c5cnc(C(C)(C)C)s5)ccn4)C(=O)[C@H]4CC[C@H](OC(=O)N5CCC(N(C)C)C5)CC4)(CC2)CC3)cc1C. The summed E-state index contributed by atoms with van der Waals surface area (Å²) >= 11 is 1.71. The summed E-state index contributed by atoms with van der Waals surface area (Å²) in [4.78, 5) is 44.6. The summed E-state index contributed by atoms with van der Waals surface area (Å²) in [5.41, 5.74) is 3.91. The number of fused-ring (bicyclic) bond motifs is 3. The van der Waals surface area contributed by atoms with Crippen LogP contribution in [0.2, 0.25) is 0 Å². The molecule has 1 atom stereocenters. The van der Waals surface area contributed by atoms with Crippen LogP contribution in [0.3, 0.4) is 0 Å². The number of hydrogen-bond acceptors (Lipinski definition) is 8. The van der Waals surface area contributed by atoms with Crippen LogP contribution in [0.25, 0.3) is 10.4 Å². The van der Waals surface area contributed by atoms with E-state index in [9.17, 15) is 9.59 Å². The maximum absolute atomic E-state index is 14.8. The molecule has 2 amide bonds. The van der Waals surface area contributed by atoms with Crippen LogP contribution in [-0.4, -0.2) is 84.8 Å². The fraction of sp³-hybridized carbons (Fsp3) is 0.628. The smallest absolute Gasteiger partial charge is 0.410 e. The molecule has 4 saturated carbocycles. The first-order chi connectivity index (χ1) is 25.3. The molecule has 0 N–H and O–H groups in total. The lowest BCUT2D eigenvalue weighted by Crippen LogP contribution is -2.52. The van der Waals surface area contributed by atoms with Crippen LogP contribution < -0.4 is 9.64 Å². The number of likely N-dealkylation sites (N-methyl/N-ethyl adjacent to an activating group) is 1. The Hall–Kier alpha value is -3.50. The molecule has 3 heterocycles. The second-order valence-corrected chi connectivity index (χ2v) is 18.8. The van der Waals surface area contributed by atoms with Crippen LogP contribution in [0.15, 0.2) is 42.7 Å². The third kappa shape index (κ3) is 7.86. The van der Waals surface area contributed by atoms with Crippen LogP contribution in [0, 0.1) is 18.3 Å². The minimum atomic E-state index is -0.209. The van der Waals surface area contributed by atoms with Gasteiger partial charge in [-0.3, -0.25) is 9.69 Å². The molecule has 10 heteroatoms. The third-order valence-electron chi connectivity index (χ3n) is 13.1. The highest BCUT2D eigenvalue weighted by molar-refractivity contribution is 7.15. The van der Waals surface area contributed by atoms with Crippen molar-refractivity contribution < 1.29 is 19.1 Å². The number of pyridine rings is 1. The van der Waals surface area contributed by atoms with Gasteiger partial charge in [0.25, 0.3) is 0 Å². The van der Waals surface area contributed by atoms with Crippen molar-refractivity contribution in [3.05, 3.63) is 58.9 Å². The number of likely N-dealkylation sites (tertiary alicyclic amines) is 1. The Kier molecular flexibility index (Phi) is 10.7. The Morgan fingerprint density at radius 1 is 0.962 bits per heavy atom. The predicted molar refractivity (Wildman–Crippen MR) is 212 cm³/mol. The van der Waals surface area contributed by atoms with Gasteiger partial charge in [-0.25, -0.2) is 14.8 Å². The van der Waals surface area contributed by atoms with E-state index in [-0.39, 0.29) is 40.3 Å². The molecule has 2 bridgehead atoms. The molecule has 1 aliphatic heterocycles. The predicted octanol–water partition coefficient (Wildman–Crippen LogP) is 8.78. The van der Waals surface area contributed by atoms with Crippen molar-refractivity contribution in [2.75, 3.05) is 45.7 Å². The molecule has 2 aromatic heterocycles. The number of aryl methyl sites for hydroxylation is 1. The number of hydrogen-bond donors (Lipinski definition) is 0. The van der Waals surface area contributed by atoms with Gasteiger partial charge in [0.1, 0.15) is 17.7 Å². The molecule has 4 aliphatic carbocycles. The van der Waals surface area contributed by atoms with Crippen molar-refractivity contribution in [3.8, 4) is 16.2 Å². The summed E-state index contributed by atoms with van der Waals surface area (Å²) in [6, 6.07) is 11.3. The molecule has 0 spiro atoms. The largest absolute Gasteiger partial charge is 0.496 e. The average molecular weight is 742 g/mol. The summed E-state index contributed by atoms with van der Waals surface area (Å²) < 4.78 is 11.6. The highest BCUT2D eigenvalue weighted by Crippen LogP contribution is 2.58. The number of methoxy groups -OCH3 is 1. The van der Waals surface area contributed by atoms with Gasteiger partial charge in [0.15, 0.2) is 0 Å². The number of thiazole rings is 1. The summed E-state index contributed by atoms with van der Waals surface area (Å²) in [5.74, 6) is 1.72. The fourth-order valence-electron chi connectivity index (χ4n) is 9.42. The molecule has 5 fully saturated rings. The number of benzene rings is 1. The van der Waals surface area contributed by atoms with Gasteiger partial charge in [0.2, 0.25) is 5.91 Å². The van der Waals surface area contributed by atoms with Gasteiger partial charge in [0.05, 0.1) is 17.0 Å². The molecule has 1 aromatic carbocycles. The Labute approximate surface area is 320 Å². The number of aromatic nitrogens is 2. The normalized spacial score (nSPS) is 27.2. The maximum atomic E-state index is 14.8. The number of ether oxygens (including phenoxy) is 2. The van der Waals surface area contributed by atoms with Crippen molar-refractivity contribution >= 4 is 29.2 Å². The second-order valence-electron chi connectivity index (χ2n) is 17.8. The molecule has 9 nitrogen and oxygen atoms in total.